The minimum atomic E-state index is -0.592. The lowest BCUT2D eigenvalue weighted by Crippen LogP contribution is -2.33. The number of rotatable bonds is 8. The zero-order valence-corrected chi connectivity index (χ0v) is 16.1. The highest BCUT2D eigenvalue weighted by Crippen LogP contribution is 2.28. The molecular weight excluding hydrogens is 346 g/mol. The van der Waals surface area contributed by atoms with E-state index in [1.807, 2.05) is 44.2 Å². The monoisotopic (exact) mass is 371 g/mol. The van der Waals surface area contributed by atoms with Crippen LogP contribution in [-0.4, -0.2) is 44.1 Å². The molecule has 0 aliphatic rings. The van der Waals surface area contributed by atoms with Gasteiger partial charge in [0.05, 0.1) is 25.3 Å². The van der Waals surface area contributed by atoms with Crippen LogP contribution in [-0.2, 0) is 9.53 Å². The van der Waals surface area contributed by atoms with Crippen molar-refractivity contribution in [3.63, 3.8) is 0 Å². The third-order valence-corrected chi connectivity index (χ3v) is 4.28. The van der Waals surface area contributed by atoms with Crippen molar-refractivity contribution < 1.29 is 23.8 Å². The molecule has 0 bridgehead atoms. The molecule has 0 aliphatic carbocycles. The van der Waals surface area contributed by atoms with Gasteiger partial charge in [0.2, 0.25) is 0 Å². The molecule has 144 valence electrons. The van der Waals surface area contributed by atoms with E-state index in [9.17, 15) is 9.59 Å². The van der Waals surface area contributed by atoms with Gasteiger partial charge in [0.15, 0.2) is 18.1 Å². The Balaban J connectivity index is 1.97. The van der Waals surface area contributed by atoms with E-state index in [1.165, 1.54) is 13.2 Å². The van der Waals surface area contributed by atoms with Gasteiger partial charge in [-0.05, 0) is 37.6 Å². The van der Waals surface area contributed by atoms with Crippen molar-refractivity contribution in [3.8, 4) is 11.5 Å². The predicted molar refractivity (Wildman–Crippen MR) is 102 cm³/mol. The standard InChI is InChI=1S/C21H25NO5/c1-5-26-18-12-11-17(13-19(18)25-4)21(24)27-14-20(23)22(3)15(2)16-9-7-6-8-10-16/h6-13,15H,5,14H2,1-4H3. The lowest BCUT2D eigenvalue weighted by atomic mass is 10.1. The highest BCUT2D eigenvalue weighted by Gasteiger charge is 2.19. The third-order valence-electron chi connectivity index (χ3n) is 4.28. The quantitative estimate of drug-likeness (QED) is 0.665. The van der Waals surface area contributed by atoms with Crippen molar-refractivity contribution in [3.05, 3.63) is 59.7 Å². The number of esters is 1. The summed E-state index contributed by atoms with van der Waals surface area (Å²) in [7, 11) is 3.18. The number of benzene rings is 2. The molecule has 0 aromatic heterocycles. The summed E-state index contributed by atoms with van der Waals surface area (Å²) in [6.07, 6.45) is 0. The molecule has 0 saturated carbocycles. The van der Waals surface area contributed by atoms with Crippen molar-refractivity contribution >= 4 is 11.9 Å². The summed E-state index contributed by atoms with van der Waals surface area (Å²) in [5, 5.41) is 0. The molecule has 27 heavy (non-hydrogen) atoms. The smallest absolute Gasteiger partial charge is 0.338 e. The highest BCUT2D eigenvalue weighted by molar-refractivity contribution is 5.92. The normalized spacial score (nSPS) is 11.4. The molecule has 0 saturated heterocycles. The maximum absolute atomic E-state index is 12.4. The van der Waals surface area contributed by atoms with E-state index in [0.29, 0.717) is 23.7 Å². The first-order valence-electron chi connectivity index (χ1n) is 8.76. The van der Waals surface area contributed by atoms with Crippen LogP contribution in [0.3, 0.4) is 0 Å². The molecule has 0 heterocycles. The summed E-state index contributed by atoms with van der Waals surface area (Å²) in [6.45, 7) is 3.94. The third kappa shape index (κ3) is 5.23. The van der Waals surface area contributed by atoms with E-state index in [2.05, 4.69) is 0 Å². The van der Waals surface area contributed by atoms with Gasteiger partial charge in [-0.1, -0.05) is 30.3 Å². The molecule has 1 unspecified atom stereocenters. The lowest BCUT2D eigenvalue weighted by Gasteiger charge is -2.25. The second-order valence-electron chi connectivity index (χ2n) is 5.97. The first kappa shape index (κ1) is 20.3. The van der Waals surface area contributed by atoms with Crippen molar-refractivity contribution in [2.24, 2.45) is 0 Å². The number of carbonyl (C=O) groups excluding carboxylic acids is 2. The number of nitrogens with zero attached hydrogens (tertiary/aromatic N) is 1. The van der Waals surface area contributed by atoms with Crippen LogP contribution < -0.4 is 9.47 Å². The number of amides is 1. The molecule has 0 fully saturated rings. The fraction of sp³-hybridized carbons (Fsp3) is 0.333. The van der Waals surface area contributed by atoms with Gasteiger partial charge in [-0.25, -0.2) is 4.79 Å². The van der Waals surface area contributed by atoms with E-state index < -0.39 is 5.97 Å². The van der Waals surface area contributed by atoms with Crippen LogP contribution in [0, 0.1) is 0 Å². The molecule has 0 aliphatic heterocycles. The zero-order chi connectivity index (χ0) is 19.8. The average molecular weight is 371 g/mol. The molecule has 2 aromatic rings. The van der Waals surface area contributed by atoms with Crippen LogP contribution in [0.25, 0.3) is 0 Å². The Labute approximate surface area is 159 Å². The SMILES string of the molecule is CCOc1ccc(C(=O)OCC(=O)N(C)C(C)c2ccccc2)cc1OC. The van der Waals surface area contributed by atoms with Crippen LogP contribution in [0.2, 0.25) is 0 Å². The molecule has 2 rings (SSSR count). The van der Waals surface area contributed by atoms with Gasteiger partial charge in [-0.15, -0.1) is 0 Å². The maximum atomic E-state index is 12.4. The number of hydrogen-bond donors (Lipinski definition) is 0. The Kier molecular flexibility index (Phi) is 7.23. The molecule has 2 aromatic carbocycles. The van der Waals surface area contributed by atoms with E-state index in [1.54, 1.807) is 24.1 Å². The van der Waals surface area contributed by atoms with E-state index in [4.69, 9.17) is 14.2 Å². The summed E-state index contributed by atoms with van der Waals surface area (Å²) in [6, 6.07) is 14.3. The fourth-order valence-corrected chi connectivity index (χ4v) is 2.55. The first-order valence-corrected chi connectivity index (χ1v) is 8.76. The number of carbonyl (C=O) groups is 2. The molecule has 6 heteroatoms. The van der Waals surface area contributed by atoms with Crippen LogP contribution >= 0.6 is 0 Å². The van der Waals surface area contributed by atoms with Crippen molar-refractivity contribution in [1.29, 1.82) is 0 Å². The summed E-state index contributed by atoms with van der Waals surface area (Å²) in [4.78, 5) is 26.2. The molecule has 1 atom stereocenters. The number of ether oxygens (including phenoxy) is 3. The predicted octanol–water partition coefficient (Wildman–Crippen LogP) is 3.47. The lowest BCUT2D eigenvalue weighted by molar-refractivity contribution is -0.135. The first-order chi connectivity index (χ1) is 13.0. The maximum Gasteiger partial charge on any atom is 0.338 e. The van der Waals surface area contributed by atoms with Gasteiger partial charge >= 0.3 is 5.97 Å². The molecular formula is C21H25NO5. The largest absolute Gasteiger partial charge is 0.493 e. The van der Waals surface area contributed by atoms with Crippen LogP contribution in [0.4, 0.5) is 0 Å². The minimum absolute atomic E-state index is 0.122. The van der Waals surface area contributed by atoms with Crippen LogP contribution in [0.15, 0.2) is 48.5 Å². The van der Waals surface area contributed by atoms with Crippen LogP contribution in [0.1, 0.15) is 35.8 Å². The number of methoxy groups -OCH3 is 1. The zero-order valence-electron chi connectivity index (χ0n) is 16.1. The molecule has 1 amide bonds. The van der Waals surface area contributed by atoms with Gasteiger partial charge in [0.1, 0.15) is 0 Å². The Hall–Kier alpha value is -3.02. The molecule has 0 N–H and O–H groups in total. The minimum Gasteiger partial charge on any atom is -0.493 e. The Morgan fingerprint density at radius 3 is 2.41 bits per heavy atom. The van der Waals surface area contributed by atoms with Crippen molar-refractivity contribution in [2.75, 3.05) is 27.4 Å². The number of hydrogen-bond acceptors (Lipinski definition) is 5. The van der Waals surface area contributed by atoms with Gasteiger partial charge in [-0.2, -0.15) is 0 Å². The second-order valence-corrected chi connectivity index (χ2v) is 5.97. The molecule has 6 nitrogen and oxygen atoms in total. The highest BCUT2D eigenvalue weighted by atomic mass is 16.5. The van der Waals surface area contributed by atoms with E-state index in [0.717, 1.165) is 5.56 Å². The Bertz CT molecular complexity index is 775. The topological polar surface area (TPSA) is 65.1 Å². The van der Waals surface area contributed by atoms with Gasteiger partial charge in [0, 0.05) is 7.05 Å². The summed E-state index contributed by atoms with van der Waals surface area (Å²) < 4.78 is 15.8. The number of likely N-dealkylation sites (N-methyl/N-ethyl adjacent to an activating group) is 1. The van der Waals surface area contributed by atoms with Gasteiger partial charge < -0.3 is 19.1 Å². The summed E-state index contributed by atoms with van der Waals surface area (Å²) in [5.41, 5.74) is 1.30. The van der Waals surface area contributed by atoms with Gasteiger partial charge in [0.25, 0.3) is 5.91 Å². The average Bonchev–Trinajstić information content (AvgIpc) is 2.71. The van der Waals surface area contributed by atoms with Crippen molar-refractivity contribution in [2.45, 2.75) is 19.9 Å². The second kappa shape index (κ2) is 9.62. The fourth-order valence-electron chi connectivity index (χ4n) is 2.55. The summed E-state index contributed by atoms with van der Waals surface area (Å²) >= 11 is 0. The van der Waals surface area contributed by atoms with Gasteiger partial charge in [-0.3, -0.25) is 4.79 Å². The molecule has 0 radical (unpaired) electrons. The summed E-state index contributed by atoms with van der Waals surface area (Å²) in [5.74, 6) is 0.111. The van der Waals surface area contributed by atoms with Crippen LogP contribution in [0.5, 0.6) is 11.5 Å². The Morgan fingerprint density at radius 1 is 1.07 bits per heavy atom. The van der Waals surface area contributed by atoms with E-state index >= 15 is 0 Å². The Morgan fingerprint density at radius 2 is 1.78 bits per heavy atom. The molecule has 0 spiro atoms. The van der Waals surface area contributed by atoms with E-state index in [-0.39, 0.29) is 18.6 Å². The van der Waals surface area contributed by atoms with Crippen molar-refractivity contribution in [1.82, 2.24) is 4.90 Å².